The van der Waals surface area contributed by atoms with Gasteiger partial charge in [0.25, 0.3) is 0 Å². The average Bonchev–Trinajstić information content (AvgIpc) is 3.12. The Morgan fingerprint density at radius 1 is 1.27 bits per heavy atom. The van der Waals surface area contributed by atoms with Crippen molar-refractivity contribution in [2.24, 2.45) is 5.73 Å². The van der Waals surface area contributed by atoms with Crippen molar-refractivity contribution in [2.45, 2.75) is 26.2 Å². The van der Waals surface area contributed by atoms with Gasteiger partial charge in [-0.25, -0.2) is 0 Å². The second kappa shape index (κ2) is 10.8. The topological polar surface area (TPSA) is 139 Å². The van der Waals surface area contributed by atoms with Gasteiger partial charge in [-0.3, -0.25) is 19.2 Å². The number of nitrogens with zero attached hydrogens (tertiary/aromatic N) is 1. The molecule has 0 fully saturated rings. The molecule has 0 aliphatic carbocycles. The third-order valence-electron chi connectivity index (χ3n) is 3.18. The summed E-state index contributed by atoms with van der Waals surface area (Å²) in [4.78, 5) is 47.1. The number of carbonyl (C=O) groups excluding carboxylic acids is 4. The maximum Gasteiger partial charge on any atom is 0.308 e. The molecule has 0 spiro atoms. The number of rotatable bonds is 10. The molecular formula is C17H19N3O5S. The molecular weight excluding hydrogens is 358 g/mol. The zero-order chi connectivity index (χ0) is 19.5. The molecule has 1 heterocycles. The van der Waals surface area contributed by atoms with Gasteiger partial charge in [-0.2, -0.15) is 5.26 Å². The molecule has 0 aromatic carbocycles. The number of nitrogens with one attached hydrogen (secondary N) is 1. The number of hydrogen-bond acceptors (Lipinski definition) is 8. The molecule has 0 aliphatic heterocycles. The fraction of sp³-hybridized carbons (Fsp3) is 0.353. The summed E-state index contributed by atoms with van der Waals surface area (Å²) >= 11 is 1.32. The molecule has 0 radical (unpaired) electrons. The third kappa shape index (κ3) is 7.27. The number of amides is 1. The molecule has 0 bridgehead atoms. The molecule has 1 rings (SSSR count). The van der Waals surface area contributed by atoms with Crippen LogP contribution in [0.1, 0.15) is 35.9 Å². The largest absolute Gasteiger partial charge is 0.457 e. The van der Waals surface area contributed by atoms with Crippen LogP contribution in [0.15, 0.2) is 28.8 Å². The van der Waals surface area contributed by atoms with E-state index in [9.17, 15) is 19.2 Å². The Morgan fingerprint density at radius 2 is 2.00 bits per heavy atom. The predicted octanol–water partition coefficient (Wildman–Crippen LogP) is 1.09. The molecule has 3 N–H and O–H groups in total. The van der Waals surface area contributed by atoms with Crippen molar-refractivity contribution >= 4 is 34.8 Å². The Kier molecular flexibility index (Phi) is 8.74. The van der Waals surface area contributed by atoms with E-state index in [1.807, 2.05) is 0 Å². The van der Waals surface area contributed by atoms with Crippen LogP contribution in [0.5, 0.6) is 0 Å². The Labute approximate surface area is 154 Å². The van der Waals surface area contributed by atoms with Crippen molar-refractivity contribution in [1.29, 1.82) is 5.26 Å². The average molecular weight is 377 g/mol. The quantitative estimate of drug-likeness (QED) is 0.269. The van der Waals surface area contributed by atoms with Crippen molar-refractivity contribution in [3.63, 3.8) is 0 Å². The number of ketones is 2. The maximum atomic E-state index is 11.8. The van der Waals surface area contributed by atoms with E-state index >= 15 is 0 Å². The summed E-state index contributed by atoms with van der Waals surface area (Å²) in [6.07, 6.45) is -0.0194. The number of thiophene rings is 1. The van der Waals surface area contributed by atoms with Gasteiger partial charge >= 0.3 is 5.97 Å². The van der Waals surface area contributed by atoms with Gasteiger partial charge < -0.3 is 15.8 Å². The smallest absolute Gasteiger partial charge is 0.308 e. The van der Waals surface area contributed by atoms with E-state index in [0.717, 1.165) is 0 Å². The first-order chi connectivity index (χ1) is 12.3. The van der Waals surface area contributed by atoms with Gasteiger partial charge in [-0.05, 0) is 18.4 Å². The molecule has 0 unspecified atom stereocenters. The molecule has 0 saturated heterocycles. The molecule has 26 heavy (non-hydrogen) atoms. The van der Waals surface area contributed by atoms with E-state index in [-0.39, 0.29) is 48.8 Å². The van der Waals surface area contributed by atoms with E-state index in [2.05, 4.69) is 5.32 Å². The lowest BCUT2D eigenvalue weighted by molar-refractivity contribution is -0.147. The summed E-state index contributed by atoms with van der Waals surface area (Å²) < 4.78 is 4.73. The van der Waals surface area contributed by atoms with Crippen LogP contribution in [0.3, 0.4) is 0 Å². The van der Waals surface area contributed by atoms with Gasteiger partial charge in [0.15, 0.2) is 12.4 Å². The van der Waals surface area contributed by atoms with Crippen LogP contribution in [0.4, 0.5) is 0 Å². The Hall–Kier alpha value is -2.99. The van der Waals surface area contributed by atoms with Crippen molar-refractivity contribution in [2.75, 3.05) is 13.2 Å². The number of nitrogens with two attached hydrogens (primary N) is 1. The van der Waals surface area contributed by atoms with Crippen molar-refractivity contribution < 1.29 is 23.9 Å². The fourth-order valence-electron chi connectivity index (χ4n) is 1.84. The van der Waals surface area contributed by atoms with E-state index in [1.165, 1.54) is 18.3 Å². The molecule has 1 aromatic heterocycles. The summed E-state index contributed by atoms with van der Waals surface area (Å²) in [5, 5.41) is 13.0. The Morgan fingerprint density at radius 3 is 2.58 bits per heavy atom. The van der Waals surface area contributed by atoms with Crippen LogP contribution in [-0.2, 0) is 19.1 Å². The van der Waals surface area contributed by atoms with E-state index in [1.54, 1.807) is 23.6 Å². The highest BCUT2D eigenvalue weighted by Crippen LogP contribution is 2.12. The number of esters is 1. The van der Waals surface area contributed by atoms with Gasteiger partial charge in [0.2, 0.25) is 11.7 Å². The summed E-state index contributed by atoms with van der Waals surface area (Å²) in [5.74, 6) is -1.84. The van der Waals surface area contributed by atoms with Crippen molar-refractivity contribution in [3.05, 3.63) is 33.7 Å². The van der Waals surface area contributed by atoms with E-state index in [0.29, 0.717) is 4.88 Å². The summed E-state index contributed by atoms with van der Waals surface area (Å²) in [7, 11) is 0. The predicted molar refractivity (Wildman–Crippen MR) is 94.0 cm³/mol. The molecule has 1 amide bonds. The molecule has 8 nitrogen and oxygen atoms in total. The van der Waals surface area contributed by atoms with Crippen LogP contribution in [0, 0.1) is 11.3 Å². The van der Waals surface area contributed by atoms with Crippen LogP contribution in [-0.4, -0.2) is 36.6 Å². The highest BCUT2D eigenvalue weighted by molar-refractivity contribution is 7.12. The summed E-state index contributed by atoms with van der Waals surface area (Å²) in [5.41, 5.74) is 5.18. The first-order valence-electron chi connectivity index (χ1n) is 7.73. The minimum atomic E-state index is -0.694. The third-order valence-corrected chi connectivity index (χ3v) is 4.09. The second-order valence-electron chi connectivity index (χ2n) is 5.25. The second-order valence-corrected chi connectivity index (χ2v) is 6.20. The van der Waals surface area contributed by atoms with Crippen LogP contribution < -0.4 is 11.1 Å². The zero-order valence-corrected chi connectivity index (χ0v) is 15.1. The first kappa shape index (κ1) is 21.1. The van der Waals surface area contributed by atoms with Crippen LogP contribution in [0.25, 0.3) is 0 Å². The number of allylic oxidation sites excluding steroid dienone is 1. The lowest BCUT2D eigenvalue weighted by atomic mass is 10.1. The maximum absolute atomic E-state index is 11.8. The van der Waals surface area contributed by atoms with Crippen molar-refractivity contribution in [1.82, 2.24) is 5.32 Å². The number of carbonyl (C=O) groups is 4. The number of hydrogen-bond donors (Lipinski definition) is 2. The van der Waals surface area contributed by atoms with Gasteiger partial charge in [0, 0.05) is 25.1 Å². The SMILES string of the molecule is CC(N)=C(C#N)C(=O)COC(=O)CCNC(=O)CCC(=O)c1cccs1. The van der Waals surface area contributed by atoms with Gasteiger partial charge in [-0.15, -0.1) is 11.3 Å². The zero-order valence-electron chi connectivity index (χ0n) is 14.2. The van der Waals surface area contributed by atoms with E-state index < -0.39 is 18.4 Å². The lowest BCUT2D eigenvalue weighted by Gasteiger charge is -2.06. The standard InChI is InChI=1S/C17H19N3O5S/c1-11(19)12(9-18)14(22)10-25-17(24)6-7-20-16(23)5-4-13(21)15-3-2-8-26-15/h2-3,8H,4-7,10,19H2,1H3,(H,20,23). The minimum absolute atomic E-state index is 0.0237. The normalized spacial score (nSPS) is 11.1. The lowest BCUT2D eigenvalue weighted by Crippen LogP contribution is -2.27. The fourth-order valence-corrected chi connectivity index (χ4v) is 2.54. The van der Waals surface area contributed by atoms with Crippen LogP contribution >= 0.6 is 11.3 Å². The Bertz CT molecular complexity index is 743. The van der Waals surface area contributed by atoms with Gasteiger partial charge in [0.05, 0.1) is 11.3 Å². The Balaban J connectivity index is 2.22. The van der Waals surface area contributed by atoms with Crippen LogP contribution in [0.2, 0.25) is 0 Å². The van der Waals surface area contributed by atoms with Gasteiger partial charge in [-0.1, -0.05) is 6.07 Å². The molecule has 1 aromatic rings. The minimum Gasteiger partial charge on any atom is -0.457 e. The summed E-state index contributed by atoms with van der Waals surface area (Å²) in [6, 6.07) is 5.10. The highest BCUT2D eigenvalue weighted by Gasteiger charge is 2.15. The number of ether oxygens (including phenoxy) is 1. The van der Waals surface area contributed by atoms with E-state index in [4.69, 9.17) is 15.7 Å². The van der Waals surface area contributed by atoms with Gasteiger partial charge in [0.1, 0.15) is 11.6 Å². The molecule has 9 heteroatoms. The monoisotopic (exact) mass is 377 g/mol. The molecule has 0 atom stereocenters. The van der Waals surface area contributed by atoms with Crippen molar-refractivity contribution in [3.8, 4) is 6.07 Å². The molecule has 0 saturated carbocycles. The first-order valence-corrected chi connectivity index (χ1v) is 8.61. The molecule has 138 valence electrons. The highest BCUT2D eigenvalue weighted by atomic mass is 32.1. The number of Topliss-reactive ketones (excluding diaryl/α,β-unsaturated/α-hetero) is 2. The molecule has 0 aliphatic rings. The summed E-state index contributed by atoms with van der Waals surface area (Å²) in [6.45, 7) is 0.840. The number of nitriles is 1.